The molecule has 1 aliphatic rings. The van der Waals surface area contributed by atoms with E-state index in [0.717, 1.165) is 0 Å². The molecule has 9 nitrogen and oxygen atoms in total. The molecule has 1 aliphatic heterocycles. The minimum atomic E-state index is -1.26. The van der Waals surface area contributed by atoms with Gasteiger partial charge in [0, 0.05) is 47.1 Å². The van der Waals surface area contributed by atoms with Crippen LogP contribution in [0.2, 0.25) is 0 Å². The fourth-order valence-corrected chi connectivity index (χ4v) is 4.12. The number of carboxylic acids is 1. The Labute approximate surface area is 242 Å². The SMILES string of the molecule is COc1ccc(C(=O)C(Cc2cc(OC)c(OC)c(OC)c2)=C(C(=O)O)c2ccc3c(c2)OCO3)cc1.[Na]. The fourth-order valence-electron chi connectivity index (χ4n) is 4.12. The Bertz CT molecular complexity index is 1340. The summed E-state index contributed by atoms with van der Waals surface area (Å²) in [7, 11) is 5.97. The van der Waals surface area contributed by atoms with Crippen molar-refractivity contribution in [3.8, 4) is 34.5 Å². The first-order chi connectivity index (χ1) is 17.9. The number of hydrogen-bond acceptors (Lipinski definition) is 8. The normalized spacial score (nSPS) is 12.1. The first kappa shape index (κ1) is 28.9. The van der Waals surface area contributed by atoms with Crippen LogP contribution < -0.4 is 28.4 Å². The van der Waals surface area contributed by atoms with Gasteiger partial charge in [-0.3, -0.25) is 4.79 Å². The minimum Gasteiger partial charge on any atom is -0.497 e. The van der Waals surface area contributed by atoms with Crippen molar-refractivity contribution in [1.29, 1.82) is 0 Å². The van der Waals surface area contributed by atoms with E-state index in [9.17, 15) is 14.7 Å². The van der Waals surface area contributed by atoms with Crippen LogP contribution in [0.5, 0.6) is 34.5 Å². The van der Waals surface area contributed by atoms with Crippen LogP contribution in [0.3, 0.4) is 0 Å². The van der Waals surface area contributed by atoms with Gasteiger partial charge in [0.1, 0.15) is 5.75 Å². The van der Waals surface area contributed by atoms with E-state index in [2.05, 4.69) is 0 Å². The van der Waals surface area contributed by atoms with Crippen molar-refractivity contribution in [2.45, 2.75) is 6.42 Å². The molecule has 0 atom stereocenters. The van der Waals surface area contributed by atoms with Crippen LogP contribution in [-0.4, -0.2) is 81.6 Å². The molecule has 193 valence electrons. The van der Waals surface area contributed by atoms with Crippen LogP contribution in [0.1, 0.15) is 21.5 Å². The summed E-state index contributed by atoms with van der Waals surface area (Å²) in [5.41, 5.74) is 1.10. The Balaban J connectivity index is 0.00000400. The predicted molar refractivity (Wildman–Crippen MR) is 140 cm³/mol. The van der Waals surface area contributed by atoms with Gasteiger partial charge in [0.2, 0.25) is 12.5 Å². The zero-order valence-corrected chi connectivity index (χ0v) is 23.8. The van der Waals surface area contributed by atoms with E-state index in [1.165, 1.54) is 28.4 Å². The maximum Gasteiger partial charge on any atom is 0.336 e. The first-order valence-electron chi connectivity index (χ1n) is 11.2. The predicted octanol–water partition coefficient (Wildman–Crippen LogP) is 4.03. The van der Waals surface area contributed by atoms with Gasteiger partial charge in [0.15, 0.2) is 28.8 Å². The number of Topliss-reactive ketones (excluding diaryl/α,β-unsaturated/α-hetero) is 1. The van der Waals surface area contributed by atoms with Gasteiger partial charge in [-0.2, -0.15) is 0 Å². The molecule has 1 heterocycles. The summed E-state index contributed by atoms with van der Waals surface area (Å²) >= 11 is 0. The van der Waals surface area contributed by atoms with Gasteiger partial charge in [-0.15, -0.1) is 0 Å². The van der Waals surface area contributed by atoms with Crippen molar-refractivity contribution in [1.82, 2.24) is 0 Å². The molecule has 0 spiro atoms. The van der Waals surface area contributed by atoms with Crippen molar-refractivity contribution in [3.63, 3.8) is 0 Å². The molecule has 10 heteroatoms. The molecule has 0 fully saturated rings. The molecule has 0 saturated heterocycles. The van der Waals surface area contributed by atoms with Crippen molar-refractivity contribution in [2.24, 2.45) is 0 Å². The van der Waals surface area contributed by atoms with E-state index in [-0.39, 0.29) is 53.9 Å². The standard InChI is InChI=1S/C28H26O9.Na/c1-32-19-8-5-17(6-9-19)26(29)20(11-16-12-23(33-2)27(35-4)24(13-16)34-3)25(28(30)31)18-7-10-21-22(14-18)37-15-36-21;/h5-10,12-14H,11,15H2,1-4H3,(H,30,31);. The van der Waals surface area contributed by atoms with Crippen LogP contribution in [0.4, 0.5) is 0 Å². The van der Waals surface area contributed by atoms with Crippen LogP contribution in [-0.2, 0) is 11.2 Å². The molecule has 0 amide bonds. The number of benzene rings is 3. The number of carbonyl (C=O) groups is 2. The fraction of sp³-hybridized carbons (Fsp3) is 0.214. The average Bonchev–Trinajstić information content (AvgIpc) is 3.39. The van der Waals surface area contributed by atoms with Crippen LogP contribution in [0, 0.1) is 0 Å². The van der Waals surface area contributed by atoms with E-state index < -0.39 is 11.8 Å². The molecule has 0 aromatic heterocycles. The topological polar surface area (TPSA) is 110 Å². The van der Waals surface area contributed by atoms with E-state index in [4.69, 9.17) is 28.4 Å². The molecule has 1 N–H and O–H groups in total. The monoisotopic (exact) mass is 529 g/mol. The van der Waals surface area contributed by atoms with Crippen molar-refractivity contribution in [2.75, 3.05) is 35.2 Å². The van der Waals surface area contributed by atoms with E-state index in [1.54, 1.807) is 54.6 Å². The van der Waals surface area contributed by atoms with Crippen molar-refractivity contribution in [3.05, 3.63) is 76.9 Å². The molecule has 0 aliphatic carbocycles. The Morgan fingerprint density at radius 2 is 1.39 bits per heavy atom. The second kappa shape index (κ2) is 12.7. The molecule has 3 aromatic rings. The summed E-state index contributed by atoms with van der Waals surface area (Å²) in [6.07, 6.45) is -0.0301. The van der Waals surface area contributed by atoms with Gasteiger partial charge in [-0.05, 0) is 59.7 Å². The Kier molecular flexibility index (Phi) is 9.68. The van der Waals surface area contributed by atoms with E-state index >= 15 is 0 Å². The Morgan fingerprint density at radius 3 is 1.95 bits per heavy atom. The van der Waals surface area contributed by atoms with Gasteiger partial charge in [-0.1, -0.05) is 6.07 Å². The molecule has 0 saturated carbocycles. The second-order valence-corrected chi connectivity index (χ2v) is 7.99. The number of carbonyl (C=O) groups excluding carboxylic acids is 1. The molecule has 3 aromatic carbocycles. The van der Waals surface area contributed by atoms with E-state index in [0.29, 0.717) is 51.2 Å². The van der Waals surface area contributed by atoms with Crippen LogP contribution in [0.15, 0.2) is 60.2 Å². The summed E-state index contributed by atoms with van der Waals surface area (Å²) < 4.78 is 32.3. The minimum absolute atomic E-state index is 0. The van der Waals surface area contributed by atoms with Crippen molar-refractivity contribution >= 4 is 46.9 Å². The molecule has 0 unspecified atom stereocenters. The number of fused-ring (bicyclic) bond motifs is 1. The maximum atomic E-state index is 13.8. The first-order valence-corrected chi connectivity index (χ1v) is 11.2. The van der Waals surface area contributed by atoms with Crippen LogP contribution >= 0.6 is 0 Å². The third kappa shape index (κ3) is 5.91. The molecule has 1 radical (unpaired) electrons. The summed E-state index contributed by atoms with van der Waals surface area (Å²) in [4.78, 5) is 26.5. The number of ketones is 1. The van der Waals surface area contributed by atoms with Gasteiger partial charge < -0.3 is 33.5 Å². The molecular weight excluding hydrogens is 503 g/mol. The summed E-state index contributed by atoms with van der Waals surface area (Å²) in [5, 5.41) is 10.3. The average molecular weight is 529 g/mol. The maximum absolute atomic E-state index is 13.8. The molecule has 4 rings (SSSR count). The van der Waals surface area contributed by atoms with Crippen LogP contribution in [0.25, 0.3) is 5.57 Å². The number of ether oxygens (including phenoxy) is 6. The van der Waals surface area contributed by atoms with Gasteiger partial charge >= 0.3 is 5.97 Å². The number of methoxy groups -OCH3 is 4. The van der Waals surface area contributed by atoms with Gasteiger partial charge in [0.25, 0.3) is 0 Å². The Hall–Kier alpha value is -3.66. The summed E-state index contributed by atoms with van der Waals surface area (Å²) in [5.74, 6) is 0.910. The summed E-state index contributed by atoms with van der Waals surface area (Å²) in [6.45, 7) is 0.0357. The Morgan fingerprint density at radius 1 is 0.789 bits per heavy atom. The number of aliphatic carboxylic acids is 1. The van der Waals surface area contributed by atoms with E-state index in [1.807, 2.05) is 0 Å². The largest absolute Gasteiger partial charge is 0.497 e. The third-order valence-corrected chi connectivity index (χ3v) is 5.91. The number of rotatable bonds is 10. The molecule has 38 heavy (non-hydrogen) atoms. The zero-order chi connectivity index (χ0) is 26.5. The second-order valence-electron chi connectivity index (χ2n) is 7.99. The zero-order valence-electron chi connectivity index (χ0n) is 21.8. The number of allylic oxidation sites excluding steroid dienone is 1. The quantitative estimate of drug-likeness (QED) is 0.236. The van der Waals surface area contributed by atoms with Gasteiger partial charge in [-0.25, -0.2) is 4.79 Å². The number of hydrogen-bond donors (Lipinski definition) is 1. The van der Waals surface area contributed by atoms with Gasteiger partial charge in [0.05, 0.1) is 34.0 Å². The number of carboxylic acid groups (broad SMARTS) is 1. The third-order valence-electron chi connectivity index (χ3n) is 5.91. The molecular formula is C28H26NaO9. The van der Waals surface area contributed by atoms with Crippen molar-refractivity contribution < 1.29 is 43.1 Å². The smallest absolute Gasteiger partial charge is 0.336 e. The molecule has 0 bridgehead atoms. The summed E-state index contributed by atoms with van der Waals surface area (Å²) in [6, 6.07) is 14.6.